The van der Waals surface area contributed by atoms with Crippen LogP contribution in [0.2, 0.25) is 0 Å². The molecule has 36 heavy (non-hydrogen) atoms. The number of nitrogen functional groups attached to an aromatic ring is 1. The number of carboxylic acids is 1. The molecule has 192 valence electrons. The third kappa shape index (κ3) is 5.37. The smallest absolute Gasteiger partial charge is 0.303 e. The molecule has 13 heteroatoms. The van der Waals surface area contributed by atoms with E-state index in [1.165, 1.54) is 10.9 Å². The lowest BCUT2D eigenvalue weighted by molar-refractivity contribution is -0.138. The van der Waals surface area contributed by atoms with Gasteiger partial charge in [0.25, 0.3) is 5.91 Å². The Morgan fingerprint density at radius 3 is 2.61 bits per heavy atom. The number of anilines is 2. The number of aliphatic hydroxyl groups is 2. The molecule has 13 nitrogen and oxygen atoms in total. The van der Waals surface area contributed by atoms with Gasteiger partial charge in [-0.05, 0) is 30.8 Å². The highest BCUT2D eigenvalue weighted by Gasteiger charge is 2.47. The van der Waals surface area contributed by atoms with Crippen molar-refractivity contribution in [1.29, 1.82) is 0 Å². The Labute approximate surface area is 213 Å². The van der Waals surface area contributed by atoms with Gasteiger partial charge in [-0.15, -0.1) is 0 Å². The van der Waals surface area contributed by atoms with Crippen LogP contribution in [0.3, 0.4) is 0 Å². The average Bonchev–Trinajstić information content (AvgIpc) is 3.43. The van der Waals surface area contributed by atoms with Gasteiger partial charge in [-0.25, -0.2) is 4.98 Å². The first kappa shape index (κ1) is 19.4. The number of carboxylic acid groups (broad SMARTS) is 1. The molecule has 3 heterocycles. The summed E-state index contributed by atoms with van der Waals surface area (Å²) in [6.07, 6.45) is -4.41. The van der Waals surface area contributed by atoms with Crippen molar-refractivity contribution >= 4 is 34.8 Å². The second-order valence-electron chi connectivity index (χ2n) is 8.19. The van der Waals surface area contributed by atoms with Gasteiger partial charge in [0.2, 0.25) is 5.95 Å². The number of aryl methyl sites for hydroxylation is 1. The topological polar surface area (TPSA) is 198 Å². The van der Waals surface area contributed by atoms with E-state index < -0.39 is 49.8 Å². The van der Waals surface area contributed by atoms with Crippen molar-refractivity contribution in [1.82, 2.24) is 24.8 Å². The van der Waals surface area contributed by atoms with Crippen LogP contribution in [-0.2, 0) is 27.2 Å². The van der Waals surface area contributed by atoms with Crippen molar-refractivity contribution in [2.24, 2.45) is 0 Å². The van der Waals surface area contributed by atoms with Crippen molar-refractivity contribution in [3.63, 3.8) is 0 Å². The number of likely N-dealkylation sites (N-methyl/N-ethyl adjacent to an activating group) is 1. The summed E-state index contributed by atoms with van der Waals surface area (Å²) in [5, 5.41) is 34.6. The largest absolute Gasteiger partial charge is 0.481 e. The number of ether oxygens (including phenoxy) is 1. The van der Waals surface area contributed by atoms with Gasteiger partial charge in [0.05, 0.1) is 6.33 Å². The molecule has 0 aliphatic carbocycles. The number of aliphatic hydroxyl groups excluding tert-OH is 2. The molecule has 1 saturated heterocycles. The Balaban J connectivity index is 1.45. The molecule has 0 radical (unpaired) electrons. The number of nitrogens with one attached hydrogen (secondary N) is 2. The molecule has 4 rings (SSSR count). The molecule has 0 spiro atoms. The molecule has 0 saturated carbocycles. The summed E-state index contributed by atoms with van der Waals surface area (Å²) in [6.45, 7) is -5.89. The summed E-state index contributed by atoms with van der Waals surface area (Å²) in [5.41, 5.74) is 8.21. The normalized spacial score (nSPS) is 24.3. The number of benzene rings is 1. The van der Waals surface area contributed by atoms with Crippen LogP contribution >= 0.6 is 0 Å². The quantitative estimate of drug-likeness (QED) is 0.214. The van der Waals surface area contributed by atoms with Crippen molar-refractivity contribution in [2.45, 2.75) is 50.7 Å². The Hall–Kier alpha value is -3.81. The standard InChI is InChI=1S/C23H29N7O6/c1-2-25-21(35)18-16(33)17(34)22(36-18)30-11-27-15-19(24)28-23(29-20(15)30)26-10-9-13-5-3-12(4-6-13)7-8-14(31)32/h3-6,11,16-18,22,33-34H,2,7-10H2,1H3,(H,25,35)(H,31,32)(H3,24,26,28,29)/t16-,17+,18-,22+/m0/s1/i1D3,2D2. The van der Waals surface area contributed by atoms with E-state index in [4.69, 9.17) is 22.4 Å². The van der Waals surface area contributed by atoms with E-state index in [9.17, 15) is 19.8 Å². The molecule has 3 aromatic rings. The molecule has 7 N–H and O–H groups in total. The van der Waals surface area contributed by atoms with Crippen LogP contribution in [0.25, 0.3) is 11.2 Å². The number of hydrogen-bond acceptors (Lipinski definition) is 10. The SMILES string of the molecule is [2H]C([2H])([2H])C([2H])([2H])NC(=O)[C@H]1O[C@@H](n2cnc3c(N)nc(NCCc4ccc(CCC(=O)O)cc4)nc32)[C@H](O)[C@@H]1O. The zero-order valence-electron chi connectivity index (χ0n) is 24.0. The van der Waals surface area contributed by atoms with Crippen molar-refractivity contribution in [3.8, 4) is 0 Å². The van der Waals surface area contributed by atoms with Crippen molar-refractivity contribution in [2.75, 3.05) is 24.1 Å². The number of imidazole rings is 1. The molecule has 4 atom stereocenters. The summed E-state index contributed by atoms with van der Waals surface area (Å²) in [5.74, 6) is -1.99. The molecule has 2 aromatic heterocycles. The number of amides is 1. The van der Waals surface area contributed by atoms with Gasteiger partial charge in [0.15, 0.2) is 23.8 Å². The fourth-order valence-corrected chi connectivity index (χ4v) is 3.88. The monoisotopic (exact) mass is 504 g/mol. The van der Waals surface area contributed by atoms with Gasteiger partial charge in [-0.1, -0.05) is 24.3 Å². The number of nitrogens with zero attached hydrogens (tertiary/aromatic N) is 4. The first-order valence-corrected chi connectivity index (χ1v) is 11.0. The minimum Gasteiger partial charge on any atom is -0.481 e. The summed E-state index contributed by atoms with van der Waals surface area (Å²) >= 11 is 0. The predicted molar refractivity (Wildman–Crippen MR) is 129 cm³/mol. The summed E-state index contributed by atoms with van der Waals surface area (Å²) < 4.78 is 43.6. The van der Waals surface area contributed by atoms with Crippen LogP contribution in [0.5, 0.6) is 0 Å². The zero-order valence-corrected chi connectivity index (χ0v) is 19.0. The number of carbonyl (C=O) groups is 2. The van der Waals surface area contributed by atoms with E-state index in [1.807, 2.05) is 24.3 Å². The van der Waals surface area contributed by atoms with Gasteiger partial charge < -0.3 is 36.4 Å². The van der Waals surface area contributed by atoms with E-state index in [2.05, 4.69) is 20.3 Å². The van der Waals surface area contributed by atoms with Crippen LogP contribution in [0.4, 0.5) is 11.8 Å². The highest BCUT2D eigenvalue weighted by atomic mass is 16.6. The molecule has 0 unspecified atom stereocenters. The molecular weight excluding hydrogens is 470 g/mol. The maximum atomic E-state index is 12.6. The lowest BCUT2D eigenvalue weighted by atomic mass is 10.1. The Morgan fingerprint density at radius 1 is 1.19 bits per heavy atom. The van der Waals surface area contributed by atoms with Gasteiger partial charge in [0.1, 0.15) is 17.7 Å². The first-order chi connectivity index (χ1) is 19.2. The molecule has 1 fully saturated rings. The third-order valence-corrected chi connectivity index (χ3v) is 5.75. The predicted octanol–water partition coefficient (Wildman–Crippen LogP) is -0.164. The molecule has 1 amide bonds. The fourth-order valence-electron chi connectivity index (χ4n) is 3.88. The Bertz CT molecular complexity index is 1420. The van der Waals surface area contributed by atoms with E-state index in [-0.39, 0.29) is 29.4 Å². The number of aromatic nitrogens is 4. The molecule has 1 aliphatic heterocycles. The maximum Gasteiger partial charge on any atom is 0.303 e. The van der Waals surface area contributed by atoms with E-state index in [1.54, 1.807) is 5.32 Å². The lowest BCUT2D eigenvalue weighted by Crippen LogP contribution is -2.42. The summed E-state index contributed by atoms with van der Waals surface area (Å²) in [4.78, 5) is 36.0. The highest BCUT2D eigenvalue weighted by Crippen LogP contribution is 2.32. The van der Waals surface area contributed by atoms with E-state index in [0.29, 0.717) is 19.4 Å². The van der Waals surface area contributed by atoms with Gasteiger partial charge in [0, 0.05) is 26.3 Å². The fraction of sp³-hybridized carbons (Fsp3) is 0.435. The summed E-state index contributed by atoms with van der Waals surface area (Å²) in [6, 6.07) is 7.52. The number of rotatable bonds is 10. The van der Waals surface area contributed by atoms with Crippen molar-refractivity contribution in [3.05, 3.63) is 41.7 Å². The second-order valence-corrected chi connectivity index (χ2v) is 8.19. The second kappa shape index (κ2) is 10.8. The van der Waals surface area contributed by atoms with E-state index in [0.717, 1.165) is 11.1 Å². The number of aliphatic carboxylic acids is 1. The van der Waals surface area contributed by atoms with Crippen LogP contribution in [0.1, 0.15) is 37.5 Å². The van der Waals surface area contributed by atoms with Crippen molar-refractivity contribution < 1.29 is 36.5 Å². The van der Waals surface area contributed by atoms with Gasteiger partial charge >= 0.3 is 5.97 Å². The highest BCUT2D eigenvalue weighted by molar-refractivity contribution is 5.83. The van der Waals surface area contributed by atoms with Crippen LogP contribution in [0, 0.1) is 0 Å². The molecule has 1 aliphatic rings. The first-order valence-electron chi connectivity index (χ1n) is 13.5. The van der Waals surface area contributed by atoms with Crippen LogP contribution in [-0.4, -0.2) is 78.1 Å². The van der Waals surface area contributed by atoms with Crippen LogP contribution in [0.15, 0.2) is 30.6 Å². The van der Waals surface area contributed by atoms with Crippen LogP contribution < -0.4 is 16.4 Å². The van der Waals surface area contributed by atoms with Gasteiger partial charge in [-0.3, -0.25) is 14.2 Å². The Kier molecular flexibility index (Phi) is 5.84. The minimum atomic E-state index is -3.19. The third-order valence-electron chi connectivity index (χ3n) is 5.75. The molecule has 1 aromatic carbocycles. The number of nitrogens with two attached hydrogens (primary N) is 1. The Morgan fingerprint density at radius 2 is 1.92 bits per heavy atom. The number of hydrogen-bond donors (Lipinski definition) is 6. The maximum absolute atomic E-state index is 12.6. The number of fused-ring (bicyclic) bond motifs is 1. The number of carbonyl (C=O) groups excluding carboxylic acids is 1. The average molecular weight is 505 g/mol. The minimum absolute atomic E-state index is 0.00670. The zero-order chi connectivity index (χ0) is 30.1. The van der Waals surface area contributed by atoms with Gasteiger partial charge in [-0.2, -0.15) is 9.97 Å². The van der Waals surface area contributed by atoms with E-state index >= 15 is 0 Å². The lowest BCUT2D eigenvalue weighted by Gasteiger charge is -2.16. The molecule has 0 bridgehead atoms. The molecular formula is C23H29N7O6. The summed E-state index contributed by atoms with van der Waals surface area (Å²) in [7, 11) is 0.